The average molecular weight is 324 g/mol. The summed E-state index contributed by atoms with van der Waals surface area (Å²) >= 11 is 0. The van der Waals surface area contributed by atoms with Crippen LogP contribution in [0.5, 0.6) is 0 Å². The molecular weight excluding hydrogens is 296 g/mol. The molecule has 130 valence electrons. The first-order valence-electron chi connectivity index (χ1n) is 8.71. The monoisotopic (exact) mass is 324 g/mol. The number of cyclic esters (lactones) is 2. The molecule has 5 heteroatoms. The summed E-state index contributed by atoms with van der Waals surface area (Å²) in [6, 6.07) is 0. The van der Waals surface area contributed by atoms with Crippen LogP contribution in [0.2, 0.25) is 0 Å². The quantitative estimate of drug-likeness (QED) is 0.341. The molecule has 1 aliphatic carbocycles. The summed E-state index contributed by atoms with van der Waals surface area (Å²) in [5.41, 5.74) is -0.321. The SMILES string of the molecule is CC1CCCCCCCCC1C(O)=C1C(=O)OC(C)(C)OC1=O. The van der Waals surface area contributed by atoms with Crippen LogP contribution < -0.4 is 0 Å². The first-order chi connectivity index (χ1) is 10.8. The minimum atomic E-state index is -1.28. The van der Waals surface area contributed by atoms with Crippen molar-refractivity contribution in [1.82, 2.24) is 0 Å². The molecule has 2 rings (SSSR count). The highest BCUT2D eigenvalue weighted by molar-refractivity contribution is 6.15. The lowest BCUT2D eigenvalue weighted by atomic mass is 9.81. The Morgan fingerprint density at radius 3 is 2.00 bits per heavy atom. The van der Waals surface area contributed by atoms with Gasteiger partial charge in [-0.25, -0.2) is 9.59 Å². The Kier molecular flexibility index (Phi) is 5.71. The standard InChI is InChI=1S/C18H28O5/c1-12-10-8-6-4-5-7-9-11-13(12)15(19)14-16(20)22-18(2,3)23-17(14)21/h12-13,19H,4-11H2,1-3H3. The summed E-state index contributed by atoms with van der Waals surface area (Å²) in [5.74, 6) is -2.97. The molecule has 2 aliphatic rings. The highest BCUT2D eigenvalue weighted by Crippen LogP contribution is 2.34. The minimum Gasteiger partial charge on any atom is -0.511 e. The van der Waals surface area contributed by atoms with E-state index < -0.39 is 17.7 Å². The fourth-order valence-corrected chi connectivity index (χ4v) is 3.48. The van der Waals surface area contributed by atoms with E-state index in [-0.39, 0.29) is 23.2 Å². The van der Waals surface area contributed by atoms with E-state index in [4.69, 9.17) is 9.47 Å². The number of ether oxygens (including phenoxy) is 2. The fraction of sp³-hybridized carbons (Fsp3) is 0.778. The molecule has 0 aromatic heterocycles. The van der Waals surface area contributed by atoms with Crippen LogP contribution in [0.3, 0.4) is 0 Å². The van der Waals surface area contributed by atoms with Crippen molar-refractivity contribution in [1.29, 1.82) is 0 Å². The molecule has 5 nitrogen and oxygen atoms in total. The van der Waals surface area contributed by atoms with Crippen LogP contribution in [0.25, 0.3) is 0 Å². The smallest absolute Gasteiger partial charge is 0.352 e. The van der Waals surface area contributed by atoms with E-state index in [9.17, 15) is 14.7 Å². The van der Waals surface area contributed by atoms with Gasteiger partial charge in [-0.05, 0) is 12.3 Å². The second-order valence-electron chi connectivity index (χ2n) is 7.22. The molecule has 0 bridgehead atoms. The summed E-state index contributed by atoms with van der Waals surface area (Å²) in [7, 11) is 0. The molecule has 2 fully saturated rings. The maximum Gasteiger partial charge on any atom is 0.352 e. The van der Waals surface area contributed by atoms with Crippen LogP contribution in [-0.2, 0) is 19.1 Å². The van der Waals surface area contributed by atoms with Crippen molar-refractivity contribution < 1.29 is 24.2 Å². The summed E-state index contributed by atoms with van der Waals surface area (Å²) in [6.45, 7) is 5.08. The molecule has 0 aromatic carbocycles. The van der Waals surface area contributed by atoms with E-state index in [1.807, 2.05) is 0 Å². The van der Waals surface area contributed by atoms with Crippen LogP contribution in [0.15, 0.2) is 11.3 Å². The van der Waals surface area contributed by atoms with Crippen molar-refractivity contribution in [3.8, 4) is 0 Å². The molecule has 1 N–H and O–H groups in total. The second kappa shape index (κ2) is 7.37. The Hall–Kier alpha value is -1.52. The van der Waals surface area contributed by atoms with Gasteiger partial charge in [0.2, 0.25) is 0 Å². The van der Waals surface area contributed by atoms with Gasteiger partial charge in [0.1, 0.15) is 5.76 Å². The lowest BCUT2D eigenvalue weighted by Crippen LogP contribution is -2.43. The Morgan fingerprint density at radius 1 is 0.957 bits per heavy atom. The highest BCUT2D eigenvalue weighted by atomic mass is 16.7. The minimum absolute atomic E-state index is 0.149. The third kappa shape index (κ3) is 4.49. The second-order valence-corrected chi connectivity index (χ2v) is 7.22. The van der Waals surface area contributed by atoms with Crippen molar-refractivity contribution in [3.05, 3.63) is 11.3 Å². The number of carbonyl (C=O) groups excluding carboxylic acids is 2. The highest BCUT2D eigenvalue weighted by Gasteiger charge is 2.42. The molecular formula is C18H28O5. The Morgan fingerprint density at radius 2 is 1.43 bits per heavy atom. The molecule has 1 saturated heterocycles. The molecule has 2 atom stereocenters. The number of allylic oxidation sites excluding steroid dienone is 1. The molecule has 0 amide bonds. The zero-order valence-electron chi connectivity index (χ0n) is 14.4. The summed E-state index contributed by atoms with van der Waals surface area (Å²) in [5, 5.41) is 10.6. The van der Waals surface area contributed by atoms with E-state index in [0.717, 1.165) is 32.1 Å². The average Bonchev–Trinajstić information content (AvgIpc) is 2.43. The normalized spacial score (nSPS) is 29.4. The Balaban J connectivity index is 2.24. The number of aliphatic hydroxyl groups excluding tert-OH is 1. The number of hydrogen-bond donors (Lipinski definition) is 1. The predicted molar refractivity (Wildman–Crippen MR) is 85.5 cm³/mol. The van der Waals surface area contributed by atoms with Crippen molar-refractivity contribution in [2.24, 2.45) is 11.8 Å². The number of hydrogen-bond acceptors (Lipinski definition) is 5. The number of rotatable bonds is 1. The first kappa shape index (κ1) is 17.8. The van der Waals surface area contributed by atoms with Gasteiger partial charge in [0.05, 0.1) is 0 Å². The van der Waals surface area contributed by atoms with Crippen LogP contribution in [0.1, 0.15) is 72.1 Å². The predicted octanol–water partition coefficient (Wildman–Crippen LogP) is 4.02. The first-order valence-corrected chi connectivity index (χ1v) is 8.71. The molecule has 2 unspecified atom stereocenters. The van der Waals surface area contributed by atoms with Crippen molar-refractivity contribution in [2.75, 3.05) is 0 Å². The van der Waals surface area contributed by atoms with Crippen LogP contribution >= 0.6 is 0 Å². The lowest BCUT2D eigenvalue weighted by Gasteiger charge is -2.32. The third-order valence-electron chi connectivity index (χ3n) is 4.80. The van der Waals surface area contributed by atoms with Gasteiger partial charge >= 0.3 is 11.9 Å². The van der Waals surface area contributed by atoms with Crippen LogP contribution in [-0.4, -0.2) is 22.8 Å². The van der Waals surface area contributed by atoms with E-state index >= 15 is 0 Å². The molecule has 0 aromatic rings. The largest absolute Gasteiger partial charge is 0.511 e. The van der Waals surface area contributed by atoms with Gasteiger partial charge in [-0.1, -0.05) is 51.9 Å². The number of aliphatic hydroxyl groups is 1. The van der Waals surface area contributed by atoms with E-state index in [1.54, 1.807) is 0 Å². The maximum atomic E-state index is 12.1. The van der Waals surface area contributed by atoms with E-state index in [2.05, 4.69) is 6.92 Å². The summed E-state index contributed by atoms with van der Waals surface area (Å²) < 4.78 is 10.2. The molecule has 23 heavy (non-hydrogen) atoms. The van der Waals surface area contributed by atoms with Gasteiger partial charge in [-0.3, -0.25) is 0 Å². The van der Waals surface area contributed by atoms with Gasteiger partial charge in [0, 0.05) is 19.8 Å². The fourth-order valence-electron chi connectivity index (χ4n) is 3.48. The van der Waals surface area contributed by atoms with Crippen molar-refractivity contribution >= 4 is 11.9 Å². The van der Waals surface area contributed by atoms with E-state index in [1.165, 1.54) is 33.1 Å². The zero-order valence-corrected chi connectivity index (χ0v) is 14.4. The molecule has 0 spiro atoms. The lowest BCUT2D eigenvalue weighted by molar-refractivity contribution is -0.222. The van der Waals surface area contributed by atoms with Gasteiger partial charge < -0.3 is 14.6 Å². The topological polar surface area (TPSA) is 72.8 Å². The zero-order chi connectivity index (χ0) is 17.0. The molecule has 1 aliphatic heterocycles. The Labute approximate surface area is 138 Å². The van der Waals surface area contributed by atoms with E-state index in [0.29, 0.717) is 0 Å². The van der Waals surface area contributed by atoms with Crippen molar-refractivity contribution in [3.63, 3.8) is 0 Å². The van der Waals surface area contributed by atoms with Crippen molar-refractivity contribution in [2.45, 2.75) is 77.9 Å². The van der Waals surface area contributed by atoms with Crippen LogP contribution in [0.4, 0.5) is 0 Å². The number of carbonyl (C=O) groups is 2. The van der Waals surface area contributed by atoms with Gasteiger partial charge in [-0.15, -0.1) is 0 Å². The van der Waals surface area contributed by atoms with Gasteiger partial charge in [-0.2, -0.15) is 0 Å². The van der Waals surface area contributed by atoms with Gasteiger partial charge in [0.15, 0.2) is 5.57 Å². The summed E-state index contributed by atoms with van der Waals surface area (Å²) in [4.78, 5) is 24.3. The Bertz CT molecular complexity index is 470. The summed E-state index contributed by atoms with van der Waals surface area (Å²) in [6.07, 6.45) is 8.65. The molecule has 0 radical (unpaired) electrons. The molecule has 1 saturated carbocycles. The maximum absolute atomic E-state index is 12.1. The van der Waals surface area contributed by atoms with Crippen LogP contribution in [0, 0.1) is 11.8 Å². The number of esters is 2. The third-order valence-corrected chi connectivity index (χ3v) is 4.80. The van der Waals surface area contributed by atoms with Gasteiger partial charge in [0.25, 0.3) is 5.79 Å². The molecule has 1 heterocycles.